The van der Waals surface area contributed by atoms with E-state index in [4.69, 9.17) is 5.73 Å². The first kappa shape index (κ1) is 14.1. The van der Waals surface area contributed by atoms with Gasteiger partial charge in [0.1, 0.15) is 5.82 Å². The predicted octanol–water partition coefficient (Wildman–Crippen LogP) is 3.61. The summed E-state index contributed by atoms with van der Waals surface area (Å²) in [5.74, 6) is -0.509. The molecule has 0 aromatic heterocycles. The minimum absolute atomic E-state index is 0.0955. The molecule has 0 fully saturated rings. The lowest BCUT2D eigenvalue weighted by Gasteiger charge is -2.38. The van der Waals surface area contributed by atoms with Gasteiger partial charge >= 0.3 is 0 Å². The molecule has 0 radical (unpaired) electrons. The van der Waals surface area contributed by atoms with Crippen molar-refractivity contribution >= 4 is 0 Å². The maximum absolute atomic E-state index is 15.0. The van der Waals surface area contributed by atoms with Crippen molar-refractivity contribution in [3.63, 3.8) is 0 Å². The normalized spacial score (nSPS) is 15.8. The average molecular weight is 241 g/mol. The molecule has 0 heterocycles. The standard InChI is InChI=1S/C14H21F2N/c1-9-6-10(2)12(11(15)7-9)14(16,8-17)13(3,4)5/h6-7H,8,17H2,1-5H3. The lowest BCUT2D eigenvalue weighted by atomic mass is 9.72. The second-order valence-electron chi connectivity index (χ2n) is 5.69. The Hall–Kier alpha value is -0.960. The number of nitrogens with two attached hydrogens (primary N) is 1. The molecule has 3 heteroatoms. The van der Waals surface area contributed by atoms with Crippen molar-refractivity contribution in [2.75, 3.05) is 6.54 Å². The third-order valence-electron chi connectivity index (χ3n) is 3.30. The summed E-state index contributed by atoms with van der Waals surface area (Å²) in [6.07, 6.45) is 0. The number of alkyl halides is 1. The first-order chi connectivity index (χ1) is 7.63. The van der Waals surface area contributed by atoms with Gasteiger partial charge in [0.05, 0.1) is 0 Å². The minimum atomic E-state index is -1.85. The maximum Gasteiger partial charge on any atom is 0.155 e. The van der Waals surface area contributed by atoms with Crippen molar-refractivity contribution in [2.45, 2.75) is 40.3 Å². The van der Waals surface area contributed by atoms with E-state index in [2.05, 4.69) is 0 Å². The fraction of sp³-hybridized carbons (Fsp3) is 0.571. The molecule has 2 N–H and O–H groups in total. The van der Waals surface area contributed by atoms with Crippen LogP contribution in [0.2, 0.25) is 0 Å². The van der Waals surface area contributed by atoms with Crippen LogP contribution in [0.1, 0.15) is 37.5 Å². The minimum Gasteiger partial charge on any atom is -0.327 e. The van der Waals surface area contributed by atoms with Gasteiger partial charge in [0.2, 0.25) is 0 Å². The molecule has 0 aliphatic carbocycles. The smallest absolute Gasteiger partial charge is 0.155 e. The largest absolute Gasteiger partial charge is 0.327 e. The van der Waals surface area contributed by atoms with Crippen LogP contribution in [0.5, 0.6) is 0 Å². The Labute approximate surface area is 102 Å². The number of benzene rings is 1. The van der Waals surface area contributed by atoms with Crippen LogP contribution >= 0.6 is 0 Å². The van der Waals surface area contributed by atoms with Crippen LogP contribution in [0.3, 0.4) is 0 Å². The van der Waals surface area contributed by atoms with Crippen molar-refractivity contribution < 1.29 is 8.78 Å². The number of aryl methyl sites for hydroxylation is 2. The van der Waals surface area contributed by atoms with Gasteiger partial charge in [0.25, 0.3) is 0 Å². The second kappa shape index (κ2) is 4.37. The van der Waals surface area contributed by atoms with E-state index in [1.165, 1.54) is 6.07 Å². The van der Waals surface area contributed by atoms with Gasteiger partial charge in [-0.2, -0.15) is 0 Å². The van der Waals surface area contributed by atoms with Crippen molar-refractivity contribution in [3.05, 3.63) is 34.6 Å². The fourth-order valence-electron chi connectivity index (χ4n) is 2.20. The first-order valence-electron chi connectivity index (χ1n) is 5.79. The van der Waals surface area contributed by atoms with E-state index in [0.29, 0.717) is 5.56 Å². The highest BCUT2D eigenvalue weighted by atomic mass is 19.1. The summed E-state index contributed by atoms with van der Waals surface area (Å²) in [6, 6.07) is 3.15. The van der Waals surface area contributed by atoms with E-state index in [0.717, 1.165) is 5.56 Å². The van der Waals surface area contributed by atoms with Gasteiger partial charge in [-0.05, 0) is 31.0 Å². The van der Waals surface area contributed by atoms with Crippen molar-refractivity contribution in [2.24, 2.45) is 11.1 Å². The third-order valence-corrected chi connectivity index (χ3v) is 3.30. The maximum atomic E-state index is 15.0. The zero-order valence-electron chi connectivity index (χ0n) is 11.2. The molecule has 0 aliphatic heterocycles. The number of rotatable bonds is 2. The first-order valence-corrected chi connectivity index (χ1v) is 5.79. The molecule has 0 saturated carbocycles. The summed E-state index contributed by atoms with van der Waals surface area (Å²) < 4.78 is 29.1. The Bertz CT molecular complexity index is 398. The van der Waals surface area contributed by atoms with Gasteiger partial charge < -0.3 is 5.73 Å². The lowest BCUT2D eigenvalue weighted by Crippen LogP contribution is -2.43. The number of hydrogen-bond acceptors (Lipinski definition) is 1. The molecule has 0 amide bonds. The topological polar surface area (TPSA) is 26.0 Å². The van der Waals surface area contributed by atoms with E-state index in [9.17, 15) is 4.39 Å². The summed E-state index contributed by atoms with van der Waals surface area (Å²) in [5.41, 5.74) is 4.46. The highest BCUT2D eigenvalue weighted by Crippen LogP contribution is 2.44. The van der Waals surface area contributed by atoms with Crippen molar-refractivity contribution in [1.82, 2.24) is 0 Å². The zero-order valence-corrected chi connectivity index (χ0v) is 11.2. The van der Waals surface area contributed by atoms with Crippen molar-refractivity contribution in [3.8, 4) is 0 Å². The number of hydrogen-bond donors (Lipinski definition) is 1. The van der Waals surface area contributed by atoms with Gasteiger partial charge in [-0.25, -0.2) is 8.78 Å². The van der Waals surface area contributed by atoms with Gasteiger partial charge in [-0.1, -0.05) is 26.8 Å². The average Bonchev–Trinajstić information content (AvgIpc) is 2.13. The molecule has 1 rings (SSSR count). The molecular formula is C14H21F2N. The van der Waals surface area contributed by atoms with Gasteiger partial charge in [-0.3, -0.25) is 0 Å². The highest BCUT2D eigenvalue weighted by Gasteiger charge is 2.45. The zero-order chi connectivity index (χ0) is 13.4. The van der Waals surface area contributed by atoms with Gasteiger partial charge in [-0.15, -0.1) is 0 Å². The van der Waals surface area contributed by atoms with Crippen LogP contribution < -0.4 is 5.73 Å². The SMILES string of the molecule is Cc1cc(C)c(C(F)(CN)C(C)(C)C)c(F)c1. The summed E-state index contributed by atoms with van der Waals surface area (Å²) >= 11 is 0. The predicted molar refractivity (Wildman–Crippen MR) is 67.2 cm³/mol. The van der Waals surface area contributed by atoms with Crippen molar-refractivity contribution in [1.29, 1.82) is 0 Å². The van der Waals surface area contributed by atoms with Crippen LogP contribution in [0.25, 0.3) is 0 Å². The Morgan fingerprint density at radius 3 is 2.06 bits per heavy atom. The lowest BCUT2D eigenvalue weighted by molar-refractivity contribution is 0.0300. The monoisotopic (exact) mass is 241 g/mol. The van der Waals surface area contributed by atoms with E-state index >= 15 is 4.39 Å². The van der Waals surface area contributed by atoms with Crippen LogP contribution in [0.15, 0.2) is 12.1 Å². The molecule has 1 aromatic rings. The van der Waals surface area contributed by atoms with E-state index < -0.39 is 16.9 Å². The molecule has 96 valence electrons. The molecule has 0 aliphatic rings. The van der Waals surface area contributed by atoms with E-state index in [1.807, 2.05) is 0 Å². The molecule has 1 atom stereocenters. The van der Waals surface area contributed by atoms with Crippen LogP contribution in [0, 0.1) is 25.1 Å². The molecule has 0 spiro atoms. The van der Waals surface area contributed by atoms with Crippen LogP contribution in [-0.2, 0) is 5.67 Å². The molecule has 17 heavy (non-hydrogen) atoms. The molecule has 0 bridgehead atoms. The highest BCUT2D eigenvalue weighted by molar-refractivity contribution is 5.38. The van der Waals surface area contributed by atoms with E-state index in [-0.39, 0.29) is 12.1 Å². The Morgan fingerprint density at radius 1 is 1.18 bits per heavy atom. The summed E-state index contributed by atoms with van der Waals surface area (Å²) in [5, 5.41) is 0. The molecule has 1 aromatic carbocycles. The second-order valence-corrected chi connectivity index (χ2v) is 5.69. The Morgan fingerprint density at radius 2 is 1.71 bits per heavy atom. The van der Waals surface area contributed by atoms with Crippen LogP contribution in [0.4, 0.5) is 8.78 Å². The fourth-order valence-corrected chi connectivity index (χ4v) is 2.20. The van der Waals surface area contributed by atoms with Gasteiger partial charge in [0.15, 0.2) is 5.67 Å². The summed E-state index contributed by atoms with van der Waals surface area (Å²) in [7, 11) is 0. The number of halogens is 2. The Kier molecular flexibility index (Phi) is 3.63. The summed E-state index contributed by atoms with van der Waals surface area (Å²) in [4.78, 5) is 0. The van der Waals surface area contributed by atoms with Gasteiger partial charge in [0, 0.05) is 17.5 Å². The Balaban J connectivity index is 3.51. The molecule has 1 nitrogen and oxygen atoms in total. The third kappa shape index (κ3) is 2.34. The summed E-state index contributed by atoms with van der Waals surface area (Å²) in [6.45, 7) is 8.49. The van der Waals surface area contributed by atoms with E-state index in [1.54, 1.807) is 40.7 Å². The molecule has 1 unspecified atom stereocenters. The molecular weight excluding hydrogens is 220 g/mol. The molecule has 0 saturated heterocycles. The quantitative estimate of drug-likeness (QED) is 0.841. The van der Waals surface area contributed by atoms with Crippen LogP contribution in [-0.4, -0.2) is 6.54 Å².